The van der Waals surface area contributed by atoms with Crippen LogP contribution >= 0.6 is 11.3 Å². The number of rotatable bonds is 5. The van der Waals surface area contributed by atoms with Crippen LogP contribution in [0.5, 0.6) is 11.5 Å². The topological polar surface area (TPSA) is 80.8 Å². The van der Waals surface area contributed by atoms with Gasteiger partial charge in [0.2, 0.25) is 5.91 Å². The average Bonchev–Trinajstić information content (AvgIpc) is 3.42. The number of carbonyl (C=O) groups is 2. The van der Waals surface area contributed by atoms with Crippen LogP contribution in [0.4, 0.5) is 5.13 Å². The molecule has 0 fully saturated rings. The number of fused-ring (bicyclic) bond motifs is 2. The van der Waals surface area contributed by atoms with Crippen molar-refractivity contribution in [1.82, 2.24) is 9.88 Å². The van der Waals surface area contributed by atoms with Crippen molar-refractivity contribution in [2.24, 2.45) is 0 Å². The van der Waals surface area contributed by atoms with Crippen molar-refractivity contribution in [3.8, 4) is 22.6 Å². The summed E-state index contributed by atoms with van der Waals surface area (Å²) < 4.78 is 11.3. The molecule has 0 unspecified atom stereocenters. The molecular formula is C23H21N3O4S. The maximum atomic E-state index is 13.0. The summed E-state index contributed by atoms with van der Waals surface area (Å²) in [5, 5.41) is 5.15. The molecule has 2 aliphatic rings. The monoisotopic (exact) mass is 435 g/mol. The first-order valence-electron chi connectivity index (χ1n) is 10.2. The van der Waals surface area contributed by atoms with Crippen molar-refractivity contribution in [3.05, 3.63) is 59.1 Å². The summed E-state index contributed by atoms with van der Waals surface area (Å²) in [6.07, 6.45) is 2.16. The third kappa shape index (κ3) is 3.63. The van der Waals surface area contributed by atoms with Crippen LogP contribution in [0.2, 0.25) is 0 Å². The van der Waals surface area contributed by atoms with Crippen LogP contribution < -0.4 is 14.8 Å². The SMILES string of the molecule is CC[C@H](C(=O)Nc1nccs1)N1Cc2cc(-c3ccc4c(c3)OCCO4)ccc2C1=O. The summed E-state index contributed by atoms with van der Waals surface area (Å²) in [4.78, 5) is 31.6. The molecule has 2 aromatic carbocycles. The summed E-state index contributed by atoms with van der Waals surface area (Å²) in [5.41, 5.74) is 3.54. The summed E-state index contributed by atoms with van der Waals surface area (Å²) >= 11 is 1.35. The third-order valence-corrected chi connectivity index (χ3v) is 6.23. The van der Waals surface area contributed by atoms with E-state index in [1.807, 2.05) is 43.3 Å². The molecule has 3 heterocycles. The van der Waals surface area contributed by atoms with Gasteiger partial charge in [-0.1, -0.05) is 19.1 Å². The molecule has 1 atom stereocenters. The van der Waals surface area contributed by atoms with Crippen LogP contribution in [0.15, 0.2) is 48.0 Å². The average molecular weight is 436 g/mol. The second-order valence-corrected chi connectivity index (χ2v) is 8.31. The number of hydrogen-bond acceptors (Lipinski definition) is 6. The Kier molecular flexibility index (Phi) is 5.07. The Hall–Kier alpha value is -3.39. The molecule has 0 radical (unpaired) electrons. The lowest BCUT2D eigenvalue weighted by molar-refractivity contribution is -0.120. The van der Waals surface area contributed by atoms with Gasteiger partial charge in [-0.05, 0) is 47.4 Å². The summed E-state index contributed by atoms with van der Waals surface area (Å²) in [6, 6.07) is 11.1. The number of benzene rings is 2. The quantitative estimate of drug-likeness (QED) is 0.656. The number of nitrogens with zero attached hydrogens (tertiary/aromatic N) is 2. The standard InChI is InChI=1S/C23H21N3O4S/c1-2-18(21(27)25-23-24-7-10-31-23)26-13-16-11-14(3-5-17(16)22(26)28)15-4-6-19-20(12-15)30-9-8-29-19/h3-7,10-12,18H,2,8-9,13H2,1H3,(H,24,25,27)/t18-/m1/s1. The van der Waals surface area contributed by atoms with Crippen molar-refractivity contribution in [3.63, 3.8) is 0 Å². The van der Waals surface area contributed by atoms with E-state index < -0.39 is 6.04 Å². The lowest BCUT2D eigenvalue weighted by atomic mass is 10.00. The number of thiazole rings is 1. The number of aromatic nitrogens is 1. The van der Waals surface area contributed by atoms with Crippen molar-refractivity contribution in [1.29, 1.82) is 0 Å². The molecule has 0 aliphatic carbocycles. The first kappa shape index (κ1) is 19.6. The molecule has 3 aromatic rings. The molecule has 1 aromatic heterocycles. The van der Waals surface area contributed by atoms with E-state index in [0.717, 1.165) is 28.2 Å². The number of nitrogens with one attached hydrogen (secondary N) is 1. The summed E-state index contributed by atoms with van der Waals surface area (Å²) in [5.74, 6) is 1.14. The largest absolute Gasteiger partial charge is 0.486 e. The minimum atomic E-state index is -0.554. The van der Waals surface area contributed by atoms with Gasteiger partial charge in [0.1, 0.15) is 19.3 Å². The molecule has 31 heavy (non-hydrogen) atoms. The highest BCUT2D eigenvalue weighted by molar-refractivity contribution is 7.13. The Morgan fingerprint density at radius 1 is 1.16 bits per heavy atom. The smallest absolute Gasteiger partial charge is 0.255 e. The van der Waals surface area contributed by atoms with E-state index in [9.17, 15) is 9.59 Å². The Labute approximate surface area is 183 Å². The second kappa shape index (κ2) is 8.03. The Morgan fingerprint density at radius 3 is 2.71 bits per heavy atom. The number of anilines is 1. The van der Waals surface area contributed by atoms with Gasteiger partial charge in [-0.2, -0.15) is 0 Å². The molecule has 7 nitrogen and oxygen atoms in total. The van der Waals surface area contributed by atoms with Crippen molar-refractivity contribution in [2.45, 2.75) is 25.9 Å². The van der Waals surface area contributed by atoms with Crippen LogP contribution in [-0.2, 0) is 11.3 Å². The predicted octanol–water partition coefficient (Wildman–Crippen LogP) is 3.95. The Bertz CT molecular complexity index is 1150. The number of amides is 2. The van der Waals surface area contributed by atoms with E-state index in [1.165, 1.54) is 11.3 Å². The fourth-order valence-corrected chi connectivity index (χ4v) is 4.55. The first-order chi connectivity index (χ1) is 15.1. The Morgan fingerprint density at radius 2 is 1.94 bits per heavy atom. The number of hydrogen-bond donors (Lipinski definition) is 1. The molecule has 5 rings (SSSR count). The predicted molar refractivity (Wildman–Crippen MR) is 118 cm³/mol. The van der Waals surface area contributed by atoms with Gasteiger partial charge in [0.15, 0.2) is 16.6 Å². The van der Waals surface area contributed by atoms with E-state index in [4.69, 9.17) is 9.47 Å². The molecular weight excluding hydrogens is 414 g/mol. The molecule has 8 heteroatoms. The molecule has 2 aliphatic heterocycles. The Balaban J connectivity index is 1.39. The van der Waals surface area contributed by atoms with Crippen LogP contribution in [0.25, 0.3) is 11.1 Å². The van der Waals surface area contributed by atoms with Crippen molar-refractivity contribution < 1.29 is 19.1 Å². The number of ether oxygens (including phenoxy) is 2. The minimum absolute atomic E-state index is 0.120. The maximum absolute atomic E-state index is 13.0. The highest BCUT2D eigenvalue weighted by Crippen LogP contribution is 2.36. The van der Waals surface area contributed by atoms with Crippen LogP contribution in [0.1, 0.15) is 29.3 Å². The molecule has 2 amide bonds. The van der Waals surface area contributed by atoms with Crippen LogP contribution in [0.3, 0.4) is 0 Å². The fourth-order valence-electron chi connectivity index (χ4n) is 4.02. The van der Waals surface area contributed by atoms with Gasteiger partial charge in [-0.15, -0.1) is 11.3 Å². The molecule has 0 spiro atoms. The number of carbonyl (C=O) groups excluding carboxylic acids is 2. The zero-order valence-corrected chi connectivity index (χ0v) is 17.8. The van der Waals surface area contributed by atoms with E-state index in [2.05, 4.69) is 10.3 Å². The molecule has 1 N–H and O–H groups in total. The van der Waals surface area contributed by atoms with Gasteiger partial charge in [0.05, 0.1) is 0 Å². The maximum Gasteiger partial charge on any atom is 0.255 e. The third-order valence-electron chi connectivity index (χ3n) is 5.54. The zero-order chi connectivity index (χ0) is 21.4. The first-order valence-corrected chi connectivity index (χ1v) is 11.1. The molecule has 0 bridgehead atoms. The van der Waals surface area contributed by atoms with E-state index >= 15 is 0 Å². The van der Waals surface area contributed by atoms with E-state index in [0.29, 0.717) is 36.9 Å². The minimum Gasteiger partial charge on any atom is -0.486 e. The van der Waals surface area contributed by atoms with E-state index in [1.54, 1.807) is 16.5 Å². The van der Waals surface area contributed by atoms with Crippen molar-refractivity contribution in [2.75, 3.05) is 18.5 Å². The van der Waals surface area contributed by atoms with Crippen LogP contribution in [0, 0.1) is 0 Å². The lowest BCUT2D eigenvalue weighted by Crippen LogP contribution is -2.43. The lowest BCUT2D eigenvalue weighted by Gasteiger charge is -2.25. The van der Waals surface area contributed by atoms with Gasteiger partial charge in [0, 0.05) is 23.7 Å². The van der Waals surface area contributed by atoms with Gasteiger partial charge in [-0.25, -0.2) is 4.98 Å². The molecule has 0 saturated carbocycles. The van der Waals surface area contributed by atoms with Crippen LogP contribution in [-0.4, -0.2) is 41.0 Å². The summed E-state index contributed by atoms with van der Waals surface area (Å²) in [7, 11) is 0. The van der Waals surface area contributed by atoms with Gasteiger partial charge >= 0.3 is 0 Å². The second-order valence-electron chi connectivity index (χ2n) is 7.41. The van der Waals surface area contributed by atoms with Gasteiger partial charge in [0.25, 0.3) is 5.91 Å². The van der Waals surface area contributed by atoms with Gasteiger partial charge in [-0.3, -0.25) is 9.59 Å². The highest BCUT2D eigenvalue weighted by Gasteiger charge is 2.35. The van der Waals surface area contributed by atoms with E-state index in [-0.39, 0.29) is 11.8 Å². The molecule has 158 valence electrons. The van der Waals surface area contributed by atoms with Crippen molar-refractivity contribution >= 4 is 28.3 Å². The normalized spacial score (nSPS) is 15.5. The molecule has 0 saturated heterocycles. The fraction of sp³-hybridized carbons (Fsp3) is 0.261. The zero-order valence-electron chi connectivity index (χ0n) is 17.0. The summed E-state index contributed by atoms with van der Waals surface area (Å²) in [6.45, 7) is 3.39. The van der Waals surface area contributed by atoms with Gasteiger partial charge < -0.3 is 19.7 Å². The highest BCUT2D eigenvalue weighted by atomic mass is 32.1.